The Hall–Kier alpha value is -1.88. The number of fused-ring (bicyclic) bond motifs is 1. The van der Waals surface area contributed by atoms with Crippen LogP contribution in [0.3, 0.4) is 0 Å². The van der Waals surface area contributed by atoms with E-state index in [1.54, 1.807) is 0 Å². The van der Waals surface area contributed by atoms with Crippen LogP contribution in [-0.2, 0) is 9.53 Å². The van der Waals surface area contributed by atoms with Crippen molar-refractivity contribution in [1.29, 1.82) is 0 Å². The second kappa shape index (κ2) is 8.67. The maximum absolute atomic E-state index is 12.8. The van der Waals surface area contributed by atoms with Crippen LogP contribution in [0.2, 0.25) is 0 Å². The Morgan fingerprint density at radius 1 is 1.23 bits per heavy atom. The smallest absolute Gasteiger partial charge is 0.253 e. The van der Waals surface area contributed by atoms with E-state index < -0.39 is 0 Å². The molecule has 2 atom stereocenters. The normalized spacial score (nSPS) is 23.1. The second-order valence-electron chi connectivity index (χ2n) is 7.41. The predicted octanol–water partition coefficient (Wildman–Crippen LogP) is 2.87. The number of carbonyl (C=O) groups excluding carboxylic acids is 2. The molecular formula is C21H30N2O3. The highest BCUT2D eigenvalue weighted by Gasteiger charge is 2.40. The molecular weight excluding hydrogens is 328 g/mol. The third kappa shape index (κ3) is 4.26. The van der Waals surface area contributed by atoms with Gasteiger partial charge in [-0.05, 0) is 51.2 Å². The predicted molar refractivity (Wildman–Crippen MR) is 101 cm³/mol. The number of amides is 2. The van der Waals surface area contributed by atoms with Crippen LogP contribution in [0.1, 0.15) is 48.5 Å². The molecule has 1 aromatic carbocycles. The molecule has 2 heterocycles. The molecule has 0 spiro atoms. The van der Waals surface area contributed by atoms with Crippen LogP contribution in [0.5, 0.6) is 0 Å². The minimum absolute atomic E-state index is 0.114. The zero-order valence-corrected chi connectivity index (χ0v) is 15.9. The minimum atomic E-state index is 0.114. The molecule has 2 fully saturated rings. The molecule has 2 amide bonds. The molecule has 0 bridgehead atoms. The third-order valence-corrected chi connectivity index (χ3v) is 5.62. The number of benzene rings is 1. The molecule has 2 aliphatic rings. The lowest BCUT2D eigenvalue weighted by molar-refractivity contribution is -0.140. The molecule has 0 radical (unpaired) electrons. The maximum atomic E-state index is 12.8. The fourth-order valence-electron chi connectivity index (χ4n) is 4.19. The molecule has 5 heteroatoms. The highest BCUT2D eigenvalue weighted by molar-refractivity contribution is 5.94. The molecule has 142 valence electrons. The van der Waals surface area contributed by atoms with Gasteiger partial charge in [-0.1, -0.05) is 17.7 Å². The number of ether oxygens (including phenoxy) is 1. The molecule has 0 aromatic heterocycles. The first-order valence-electron chi connectivity index (χ1n) is 9.83. The second-order valence-corrected chi connectivity index (χ2v) is 7.41. The Morgan fingerprint density at radius 3 is 2.73 bits per heavy atom. The van der Waals surface area contributed by atoms with Crippen LogP contribution >= 0.6 is 0 Å². The van der Waals surface area contributed by atoms with Crippen molar-refractivity contribution in [3.05, 3.63) is 35.4 Å². The number of carbonyl (C=O) groups is 2. The molecule has 2 aliphatic heterocycles. The van der Waals surface area contributed by atoms with E-state index >= 15 is 0 Å². The number of hydrogen-bond donors (Lipinski definition) is 0. The first kappa shape index (κ1) is 18.9. The molecule has 0 saturated carbocycles. The lowest BCUT2D eigenvalue weighted by Gasteiger charge is -2.47. The van der Waals surface area contributed by atoms with Crippen molar-refractivity contribution in [2.75, 3.05) is 32.8 Å². The number of nitrogens with zero attached hydrogens (tertiary/aromatic N) is 2. The zero-order valence-electron chi connectivity index (χ0n) is 15.9. The summed E-state index contributed by atoms with van der Waals surface area (Å²) in [6, 6.07) is 8.07. The summed E-state index contributed by atoms with van der Waals surface area (Å²) in [5.74, 6) is 0.771. The van der Waals surface area contributed by atoms with Gasteiger partial charge in [0.25, 0.3) is 5.91 Å². The van der Waals surface area contributed by atoms with E-state index in [9.17, 15) is 9.59 Å². The summed E-state index contributed by atoms with van der Waals surface area (Å²) in [4.78, 5) is 29.2. The highest BCUT2D eigenvalue weighted by atomic mass is 16.5. The monoisotopic (exact) mass is 358 g/mol. The van der Waals surface area contributed by atoms with Crippen molar-refractivity contribution >= 4 is 11.8 Å². The third-order valence-electron chi connectivity index (χ3n) is 5.62. The summed E-state index contributed by atoms with van der Waals surface area (Å²) < 4.78 is 5.41. The van der Waals surface area contributed by atoms with E-state index in [1.165, 1.54) is 0 Å². The molecule has 3 rings (SSSR count). The van der Waals surface area contributed by atoms with E-state index in [2.05, 4.69) is 4.90 Å². The van der Waals surface area contributed by atoms with Crippen LogP contribution in [0.25, 0.3) is 0 Å². The van der Waals surface area contributed by atoms with Crippen LogP contribution < -0.4 is 0 Å². The lowest BCUT2D eigenvalue weighted by atomic mass is 9.83. The average molecular weight is 358 g/mol. The summed E-state index contributed by atoms with van der Waals surface area (Å²) in [6.07, 6.45) is 3.25. The summed E-state index contributed by atoms with van der Waals surface area (Å²) in [7, 11) is 0. The molecule has 0 aliphatic carbocycles. The number of aryl methyl sites for hydroxylation is 1. The van der Waals surface area contributed by atoms with Gasteiger partial charge in [-0.2, -0.15) is 0 Å². The van der Waals surface area contributed by atoms with E-state index in [-0.39, 0.29) is 17.9 Å². The minimum Gasteiger partial charge on any atom is -0.382 e. The quantitative estimate of drug-likeness (QED) is 0.735. The SMILES string of the molecule is CCOCCCN1C(=O)CC[C@@H]2CN(C(=O)c3ccc(C)cc3)CC[C@@H]21. The Morgan fingerprint density at radius 2 is 2.00 bits per heavy atom. The standard InChI is InChI=1S/C21H30N2O3/c1-3-26-14-4-12-23-19-11-13-22(15-18(19)9-10-20(23)24)21(25)17-7-5-16(2)6-8-17/h5-8,18-19H,3-4,9-15H2,1-2H3/t18-,19+/m1/s1. The largest absolute Gasteiger partial charge is 0.382 e. The fourth-order valence-corrected chi connectivity index (χ4v) is 4.19. The van der Waals surface area contributed by atoms with E-state index in [4.69, 9.17) is 4.74 Å². The van der Waals surface area contributed by atoms with E-state index in [0.717, 1.165) is 56.6 Å². The number of piperidine rings is 2. The summed E-state index contributed by atoms with van der Waals surface area (Å²) in [5, 5.41) is 0. The lowest BCUT2D eigenvalue weighted by Crippen LogP contribution is -2.57. The van der Waals surface area contributed by atoms with Gasteiger partial charge in [0.15, 0.2) is 0 Å². The van der Waals surface area contributed by atoms with Gasteiger partial charge < -0.3 is 14.5 Å². The number of hydrogen-bond acceptors (Lipinski definition) is 3. The first-order chi connectivity index (χ1) is 12.6. The van der Waals surface area contributed by atoms with Gasteiger partial charge >= 0.3 is 0 Å². The van der Waals surface area contributed by atoms with Crippen molar-refractivity contribution in [2.45, 2.75) is 45.6 Å². The number of rotatable bonds is 6. The van der Waals surface area contributed by atoms with Crippen LogP contribution in [-0.4, -0.2) is 60.5 Å². The van der Waals surface area contributed by atoms with Gasteiger partial charge in [0, 0.05) is 50.9 Å². The Labute approximate surface area is 156 Å². The van der Waals surface area contributed by atoms with E-state index in [1.807, 2.05) is 43.0 Å². The van der Waals surface area contributed by atoms with Crippen LogP contribution in [0.4, 0.5) is 0 Å². The Balaban J connectivity index is 1.60. The Kier molecular flexibility index (Phi) is 6.30. The molecule has 1 aromatic rings. The van der Waals surface area contributed by atoms with Gasteiger partial charge in [0.05, 0.1) is 0 Å². The molecule has 26 heavy (non-hydrogen) atoms. The molecule has 2 saturated heterocycles. The van der Waals surface area contributed by atoms with Crippen molar-refractivity contribution in [3.63, 3.8) is 0 Å². The average Bonchev–Trinajstić information content (AvgIpc) is 2.66. The Bertz CT molecular complexity index is 629. The molecule has 0 N–H and O–H groups in total. The van der Waals surface area contributed by atoms with Crippen LogP contribution in [0.15, 0.2) is 24.3 Å². The fraction of sp³-hybridized carbons (Fsp3) is 0.619. The van der Waals surface area contributed by atoms with Crippen LogP contribution in [0, 0.1) is 12.8 Å². The van der Waals surface area contributed by atoms with Crippen molar-refractivity contribution < 1.29 is 14.3 Å². The summed E-state index contributed by atoms with van der Waals surface area (Å²) in [6.45, 7) is 7.69. The van der Waals surface area contributed by atoms with Gasteiger partial charge in [-0.15, -0.1) is 0 Å². The highest BCUT2D eigenvalue weighted by Crippen LogP contribution is 2.32. The van der Waals surface area contributed by atoms with Crippen molar-refractivity contribution in [2.24, 2.45) is 5.92 Å². The van der Waals surface area contributed by atoms with Gasteiger partial charge in [0.2, 0.25) is 5.91 Å². The molecule has 5 nitrogen and oxygen atoms in total. The maximum Gasteiger partial charge on any atom is 0.253 e. The van der Waals surface area contributed by atoms with Gasteiger partial charge in [0.1, 0.15) is 0 Å². The van der Waals surface area contributed by atoms with Gasteiger partial charge in [-0.25, -0.2) is 0 Å². The topological polar surface area (TPSA) is 49.9 Å². The first-order valence-corrected chi connectivity index (χ1v) is 9.83. The summed E-state index contributed by atoms with van der Waals surface area (Å²) >= 11 is 0. The van der Waals surface area contributed by atoms with Gasteiger partial charge in [-0.3, -0.25) is 9.59 Å². The van der Waals surface area contributed by atoms with Crippen molar-refractivity contribution in [1.82, 2.24) is 9.80 Å². The van der Waals surface area contributed by atoms with Crippen molar-refractivity contribution in [3.8, 4) is 0 Å². The molecule has 0 unspecified atom stereocenters. The zero-order chi connectivity index (χ0) is 18.5. The number of likely N-dealkylation sites (tertiary alicyclic amines) is 2. The van der Waals surface area contributed by atoms with E-state index in [0.29, 0.717) is 18.9 Å². The summed E-state index contributed by atoms with van der Waals surface area (Å²) in [5.41, 5.74) is 1.92.